The van der Waals surface area contributed by atoms with Gasteiger partial charge in [-0.1, -0.05) is 6.08 Å². The molecule has 4 heteroatoms. The second-order valence-corrected chi connectivity index (χ2v) is 2.77. The van der Waals surface area contributed by atoms with Crippen molar-refractivity contribution in [1.29, 1.82) is 0 Å². The third-order valence-electron chi connectivity index (χ3n) is 1.40. The van der Waals surface area contributed by atoms with Crippen molar-refractivity contribution in [2.45, 2.75) is 6.42 Å². The zero-order valence-electron chi connectivity index (χ0n) is 7.07. The van der Waals surface area contributed by atoms with Gasteiger partial charge in [-0.05, 0) is 5.75 Å². The fourth-order valence-corrected chi connectivity index (χ4v) is 1.04. The number of hydrogen-bond acceptors (Lipinski definition) is 3. The van der Waals surface area contributed by atoms with Gasteiger partial charge in [-0.25, -0.2) is 0 Å². The molecule has 0 aliphatic carbocycles. The van der Waals surface area contributed by atoms with E-state index in [1.165, 1.54) is 0 Å². The van der Waals surface area contributed by atoms with Crippen LogP contribution < -0.4 is 0 Å². The third kappa shape index (κ3) is 4.41. The topological polar surface area (TPSA) is 40.5 Å². The van der Waals surface area contributed by atoms with Crippen LogP contribution in [-0.2, 0) is 4.79 Å². The van der Waals surface area contributed by atoms with Crippen molar-refractivity contribution in [2.24, 2.45) is 0 Å². The lowest BCUT2D eigenvalue weighted by Gasteiger charge is -2.19. The first-order chi connectivity index (χ1) is 5.76. The molecule has 0 unspecified atom stereocenters. The molecule has 0 bridgehead atoms. The summed E-state index contributed by atoms with van der Waals surface area (Å²) in [5.74, 6) is 0.553. The Morgan fingerprint density at radius 2 is 2.33 bits per heavy atom. The van der Waals surface area contributed by atoms with Crippen LogP contribution in [0, 0.1) is 0 Å². The predicted octanol–water partition coefficient (Wildman–Crippen LogP) is 0.313. The number of hydrogen-bond donors (Lipinski definition) is 2. The van der Waals surface area contributed by atoms with Crippen LogP contribution in [0.4, 0.5) is 0 Å². The number of aliphatic hydroxyl groups excluding tert-OH is 1. The van der Waals surface area contributed by atoms with Crippen molar-refractivity contribution in [3.63, 3.8) is 0 Å². The molecule has 0 fully saturated rings. The van der Waals surface area contributed by atoms with Gasteiger partial charge in [0.1, 0.15) is 0 Å². The molecule has 0 radical (unpaired) electrons. The molecule has 0 aromatic heterocycles. The molecule has 0 aromatic carbocycles. The first kappa shape index (κ1) is 11.5. The Morgan fingerprint density at radius 3 is 2.75 bits per heavy atom. The summed E-state index contributed by atoms with van der Waals surface area (Å²) in [5, 5.41) is 8.63. The molecular weight excluding hydrogens is 174 g/mol. The minimum atomic E-state index is -0.00779. The minimum absolute atomic E-state index is 0.00779. The molecule has 3 nitrogen and oxygen atoms in total. The standard InChI is InChI=1S/C8H15NO2S/c1-2-4-9(5-6-10)8(11)3-7-12/h2,10,12H,1,3-7H2. The van der Waals surface area contributed by atoms with E-state index in [1.54, 1.807) is 11.0 Å². The summed E-state index contributed by atoms with van der Waals surface area (Å²) in [4.78, 5) is 12.8. The number of amides is 1. The zero-order chi connectivity index (χ0) is 9.40. The molecule has 0 rings (SSSR count). The summed E-state index contributed by atoms with van der Waals surface area (Å²) in [6.45, 7) is 4.39. The van der Waals surface area contributed by atoms with E-state index in [0.29, 0.717) is 25.3 Å². The predicted molar refractivity (Wildman–Crippen MR) is 52.3 cm³/mol. The highest BCUT2D eigenvalue weighted by molar-refractivity contribution is 7.80. The Balaban J connectivity index is 3.89. The highest BCUT2D eigenvalue weighted by Gasteiger charge is 2.09. The lowest BCUT2D eigenvalue weighted by molar-refractivity contribution is -0.130. The van der Waals surface area contributed by atoms with Crippen molar-refractivity contribution in [3.05, 3.63) is 12.7 Å². The summed E-state index contributed by atoms with van der Waals surface area (Å²) in [6, 6.07) is 0. The molecule has 0 heterocycles. The van der Waals surface area contributed by atoms with Crippen LogP contribution >= 0.6 is 12.6 Å². The lowest BCUT2D eigenvalue weighted by Crippen LogP contribution is -2.33. The van der Waals surface area contributed by atoms with Crippen molar-refractivity contribution in [3.8, 4) is 0 Å². The van der Waals surface area contributed by atoms with Crippen LogP contribution in [0.25, 0.3) is 0 Å². The quantitative estimate of drug-likeness (QED) is 0.466. The molecule has 0 spiro atoms. The number of rotatable bonds is 6. The number of aliphatic hydroxyl groups is 1. The number of carbonyl (C=O) groups excluding carboxylic acids is 1. The molecule has 0 aliphatic heterocycles. The summed E-state index contributed by atoms with van der Waals surface area (Å²) in [5.41, 5.74) is 0. The normalized spacial score (nSPS) is 9.50. The van der Waals surface area contributed by atoms with Crippen molar-refractivity contribution < 1.29 is 9.90 Å². The van der Waals surface area contributed by atoms with Gasteiger partial charge in [0.15, 0.2) is 0 Å². The van der Waals surface area contributed by atoms with Crippen LogP contribution in [-0.4, -0.2) is 41.4 Å². The first-order valence-corrected chi connectivity index (χ1v) is 4.50. The first-order valence-electron chi connectivity index (χ1n) is 3.86. The van der Waals surface area contributed by atoms with Gasteiger partial charge in [0.25, 0.3) is 0 Å². The maximum absolute atomic E-state index is 11.2. The average molecular weight is 189 g/mol. The number of carbonyl (C=O) groups is 1. The van der Waals surface area contributed by atoms with Gasteiger partial charge in [-0.3, -0.25) is 4.79 Å². The van der Waals surface area contributed by atoms with Gasteiger partial charge in [0.2, 0.25) is 5.91 Å². The zero-order valence-corrected chi connectivity index (χ0v) is 7.96. The minimum Gasteiger partial charge on any atom is -0.395 e. The van der Waals surface area contributed by atoms with Gasteiger partial charge in [-0.2, -0.15) is 12.6 Å². The Bertz CT molecular complexity index is 150. The second kappa shape index (κ2) is 7.18. The molecule has 0 saturated carbocycles. The molecule has 1 N–H and O–H groups in total. The van der Waals surface area contributed by atoms with Gasteiger partial charge in [-0.15, -0.1) is 6.58 Å². The molecule has 0 aromatic rings. The van der Waals surface area contributed by atoms with E-state index in [4.69, 9.17) is 5.11 Å². The Kier molecular flexibility index (Phi) is 6.90. The summed E-state index contributed by atoms with van der Waals surface area (Å²) in [7, 11) is 0. The fraction of sp³-hybridized carbons (Fsp3) is 0.625. The SMILES string of the molecule is C=CCN(CCO)C(=O)CCS. The largest absolute Gasteiger partial charge is 0.395 e. The monoisotopic (exact) mass is 189 g/mol. The maximum atomic E-state index is 11.2. The fourth-order valence-electron chi connectivity index (χ4n) is 0.848. The van der Waals surface area contributed by atoms with Gasteiger partial charge in [0.05, 0.1) is 6.61 Å². The Hall–Kier alpha value is -0.480. The molecule has 0 aliphatic rings. The van der Waals surface area contributed by atoms with Crippen molar-refractivity contribution >= 4 is 18.5 Å². The van der Waals surface area contributed by atoms with E-state index in [0.717, 1.165) is 0 Å². The third-order valence-corrected chi connectivity index (χ3v) is 1.62. The molecule has 0 saturated heterocycles. The molecule has 70 valence electrons. The van der Waals surface area contributed by atoms with E-state index in [-0.39, 0.29) is 12.5 Å². The van der Waals surface area contributed by atoms with E-state index in [9.17, 15) is 4.79 Å². The Morgan fingerprint density at radius 1 is 1.67 bits per heavy atom. The van der Waals surface area contributed by atoms with Gasteiger partial charge >= 0.3 is 0 Å². The van der Waals surface area contributed by atoms with Gasteiger partial charge < -0.3 is 10.0 Å². The Labute approximate surface area is 78.5 Å². The highest BCUT2D eigenvalue weighted by Crippen LogP contribution is 1.95. The van der Waals surface area contributed by atoms with E-state index in [1.807, 2.05) is 0 Å². The second-order valence-electron chi connectivity index (χ2n) is 2.33. The smallest absolute Gasteiger partial charge is 0.223 e. The lowest BCUT2D eigenvalue weighted by atomic mass is 10.3. The maximum Gasteiger partial charge on any atom is 0.223 e. The number of thiol groups is 1. The average Bonchev–Trinajstić information content (AvgIpc) is 2.04. The molecular formula is C8H15NO2S. The van der Waals surface area contributed by atoms with Gasteiger partial charge in [0, 0.05) is 19.5 Å². The van der Waals surface area contributed by atoms with Crippen molar-refractivity contribution in [2.75, 3.05) is 25.4 Å². The van der Waals surface area contributed by atoms with Crippen LogP contribution in [0.3, 0.4) is 0 Å². The highest BCUT2D eigenvalue weighted by atomic mass is 32.1. The molecule has 0 atom stereocenters. The summed E-state index contributed by atoms with van der Waals surface area (Å²) < 4.78 is 0. The van der Waals surface area contributed by atoms with Crippen LogP contribution in [0.2, 0.25) is 0 Å². The van der Waals surface area contributed by atoms with E-state index in [2.05, 4.69) is 19.2 Å². The van der Waals surface area contributed by atoms with Crippen LogP contribution in [0.1, 0.15) is 6.42 Å². The van der Waals surface area contributed by atoms with Crippen LogP contribution in [0.5, 0.6) is 0 Å². The number of nitrogens with zero attached hydrogens (tertiary/aromatic N) is 1. The summed E-state index contributed by atoms with van der Waals surface area (Å²) in [6.07, 6.45) is 2.06. The van der Waals surface area contributed by atoms with E-state index >= 15 is 0 Å². The van der Waals surface area contributed by atoms with Crippen LogP contribution in [0.15, 0.2) is 12.7 Å². The van der Waals surface area contributed by atoms with E-state index < -0.39 is 0 Å². The summed E-state index contributed by atoms with van der Waals surface area (Å²) >= 11 is 3.95. The molecule has 1 amide bonds. The molecule has 12 heavy (non-hydrogen) atoms. The van der Waals surface area contributed by atoms with Crippen molar-refractivity contribution in [1.82, 2.24) is 4.90 Å².